The lowest BCUT2D eigenvalue weighted by atomic mass is 10.2. The Kier molecular flexibility index (Phi) is 6.26. The number of nitrogens with zero attached hydrogens (tertiary/aromatic N) is 2. The molecule has 0 atom stereocenters. The average Bonchev–Trinajstić information content (AvgIpc) is 3.41. The highest BCUT2D eigenvalue weighted by Crippen LogP contribution is 2.31. The van der Waals surface area contributed by atoms with Crippen molar-refractivity contribution in [3.63, 3.8) is 0 Å². The quantitative estimate of drug-likeness (QED) is 0.390. The zero-order valence-electron chi connectivity index (χ0n) is 15.7. The van der Waals surface area contributed by atoms with Crippen LogP contribution in [0.2, 0.25) is 0 Å². The number of hydrogen-bond acceptors (Lipinski definition) is 8. The van der Waals surface area contributed by atoms with E-state index in [4.69, 9.17) is 4.74 Å². The number of amides is 2. The van der Waals surface area contributed by atoms with Crippen molar-refractivity contribution in [1.82, 2.24) is 9.97 Å². The number of methoxy groups -OCH3 is 1. The standard InChI is InChI=1S/C20H16N4O3S3/c1-27-14-4-2-3-12(9-14)18(26)22-13-5-6-15-16(10-13)30-20(23-15)29-11-17(25)24-19-21-7-8-28-19/h2-10H,11H2,1H3,(H,22,26)(H,21,24,25). The van der Waals surface area contributed by atoms with Crippen molar-refractivity contribution >= 4 is 67.3 Å². The molecule has 2 aromatic heterocycles. The highest BCUT2D eigenvalue weighted by molar-refractivity contribution is 8.01. The summed E-state index contributed by atoms with van der Waals surface area (Å²) in [5, 5.41) is 8.03. The Morgan fingerprint density at radius 1 is 1.17 bits per heavy atom. The predicted molar refractivity (Wildman–Crippen MR) is 122 cm³/mol. The largest absolute Gasteiger partial charge is 0.497 e. The van der Waals surface area contributed by atoms with Crippen molar-refractivity contribution < 1.29 is 14.3 Å². The number of carbonyl (C=O) groups excluding carboxylic acids is 2. The van der Waals surface area contributed by atoms with Gasteiger partial charge in [0, 0.05) is 22.8 Å². The van der Waals surface area contributed by atoms with Gasteiger partial charge in [0.25, 0.3) is 5.91 Å². The lowest BCUT2D eigenvalue weighted by Gasteiger charge is -2.06. The minimum Gasteiger partial charge on any atom is -0.497 e. The summed E-state index contributed by atoms with van der Waals surface area (Å²) >= 11 is 4.22. The van der Waals surface area contributed by atoms with E-state index < -0.39 is 0 Å². The predicted octanol–water partition coefficient (Wildman–Crippen LogP) is 4.74. The maximum atomic E-state index is 12.5. The second-order valence-corrected chi connectivity index (χ2v) is 9.17. The van der Waals surface area contributed by atoms with Gasteiger partial charge in [0.2, 0.25) is 5.91 Å². The highest BCUT2D eigenvalue weighted by Gasteiger charge is 2.11. The zero-order valence-corrected chi connectivity index (χ0v) is 18.2. The molecule has 2 amide bonds. The molecule has 2 heterocycles. The molecule has 0 aliphatic rings. The molecule has 7 nitrogen and oxygen atoms in total. The van der Waals surface area contributed by atoms with Crippen LogP contribution in [0.15, 0.2) is 58.4 Å². The van der Waals surface area contributed by atoms with Gasteiger partial charge in [-0.1, -0.05) is 17.8 Å². The van der Waals surface area contributed by atoms with E-state index in [1.54, 1.807) is 43.0 Å². The van der Waals surface area contributed by atoms with E-state index in [0.29, 0.717) is 22.1 Å². The van der Waals surface area contributed by atoms with Crippen molar-refractivity contribution in [2.75, 3.05) is 23.5 Å². The van der Waals surface area contributed by atoms with E-state index in [0.717, 1.165) is 14.6 Å². The van der Waals surface area contributed by atoms with Gasteiger partial charge in [0.05, 0.1) is 23.1 Å². The molecule has 4 rings (SSSR count). The summed E-state index contributed by atoms with van der Waals surface area (Å²) in [5.74, 6) is 0.534. The van der Waals surface area contributed by atoms with Crippen LogP contribution in [0.1, 0.15) is 10.4 Å². The molecule has 2 N–H and O–H groups in total. The number of rotatable bonds is 7. The van der Waals surface area contributed by atoms with Gasteiger partial charge >= 0.3 is 0 Å². The number of aromatic nitrogens is 2. The van der Waals surface area contributed by atoms with Gasteiger partial charge in [-0.3, -0.25) is 9.59 Å². The maximum Gasteiger partial charge on any atom is 0.255 e. The van der Waals surface area contributed by atoms with E-state index in [-0.39, 0.29) is 17.6 Å². The molecule has 0 spiro atoms. The van der Waals surface area contributed by atoms with E-state index in [9.17, 15) is 9.59 Å². The Labute approximate surface area is 184 Å². The van der Waals surface area contributed by atoms with Crippen molar-refractivity contribution in [3.8, 4) is 5.75 Å². The first-order valence-electron chi connectivity index (χ1n) is 8.79. The molecule has 0 saturated heterocycles. The molecule has 0 radical (unpaired) electrons. The number of thioether (sulfide) groups is 1. The third kappa shape index (κ3) is 4.96. The van der Waals surface area contributed by atoms with E-state index in [1.165, 1.54) is 34.4 Å². The SMILES string of the molecule is COc1cccc(C(=O)Nc2ccc3nc(SCC(=O)Nc4nccs4)sc3c2)c1. The second-order valence-electron chi connectivity index (χ2n) is 6.02. The summed E-state index contributed by atoms with van der Waals surface area (Å²) in [6.45, 7) is 0. The van der Waals surface area contributed by atoms with Crippen LogP contribution in [-0.2, 0) is 4.79 Å². The van der Waals surface area contributed by atoms with E-state index in [1.807, 2.05) is 18.2 Å². The van der Waals surface area contributed by atoms with Crippen LogP contribution in [0.25, 0.3) is 10.2 Å². The fourth-order valence-corrected chi connectivity index (χ4v) is 5.03. The fourth-order valence-electron chi connectivity index (χ4n) is 2.58. The highest BCUT2D eigenvalue weighted by atomic mass is 32.2. The number of fused-ring (bicyclic) bond motifs is 1. The van der Waals surface area contributed by atoms with Crippen LogP contribution in [0.3, 0.4) is 0 Å². The molecule has 4 aromatic rings. The molecule has 0 fully saturated rings. The number of ether oxygens (including phenoxy) is 1. The molecular weight excluding hydrogens is 440 g/mol. The molecule has 0 aliphatic carbocycles. The summed E-state index contributed by atoms with van der Waals surface area (Å²) < 4.78 is 6.88. The minimum atomic E-state index is -0.216. The average molecular weight is 457 g/mol. The number of benzene rings is 2. The topological polar surface area (TPSA) is 93.2 Å². The van der Waals surface area contributed by atoms with E-state index in [2.05, 4.69) is 20.6 Å². The minimum absolute atomic E-state index is 0.125. The first-order valence-corrected chi connectivity index (χ1v) is 11.5. The summed E-state index contributed by atoms with van der Waals surface area (Å²) in [6, 6.07) is 12.5. The molecule has 0 bridgehead atoms. The van der Waals surface area contributed by atoms with Gasteiger partial charge in [-0.15, -0.1) is 22.7 Å². The van der Waals surface area contributed by atoms with Crippen molar-refractivity contribution in [3.05, 3.63) is 59.6 Å². The third-order valence-electron chi connectivity index (χ3n) is 3.96. The lowest BCUT2D eigenvalue weighted by molar-refractivity contribution is -0.113. The van der Waals surface area contributed by atoms with Crippen LogP contribution < -0.4 is 15.4 Å². The molecule has 10 heteroatoms. The Morgan fingerprint density at radius 3 is 2.87 bits per heavy atom. The molecular formula is C20H16N4O3S3. The maximum absolute atomic E-state index is 12.5. The van der Waals surface area contributed by atoms with Gasteiger partial charge < -0.3 is 15.4 Å². The van der Waals surface area contributed by atoms with Gasteiger partial charge in [-0.25, -0.2) is 9.97 Å². The fraction of sp³-hybridized carbons (Fsp3) is 0.100. The monoisotopic (exact) mass is 456 g/mol. The number of thiazole rings is 2. The van der Waals surface area contributed by atoms with Gasteiger partial charge in [0.15, 0.2) is 9.47 Å². The third-order valence-corrected chi connectivity index (χ3v) is 6.81. The van der Waals surface area contributed by atoms with Crippen LogP contribution >= 0.6 is 34.4 Å². The zero-order chi connectivity index (χ0) is 20.9. The summed E-state index contributed by atoms with van der Waals surface area (Å²) in [7, 11) is 1.56. The van der Waals surface area contributed by atoms with Crippen molar-refractivity contribution in [2.45, 2.75) is 4.34 Å². The summed E-state index contributed by atoms with van der Waals surface area (Å²) in [6.07, 6.45) is 1.64. The summed E-state index contributed by atoms with van der Waals surface area (Å²) in [4.78, 5) is 33.1. The number of anilines is 2. The molecule has 0 unspecified atom stereocenters. The van der Waals surface area contributed by atoms with Crippen LogP contribution in [0.5, 0.6) is 5.75 Å². The van der Waals surface area contributed by atoms with Gasteiger partial charge in [-0.2, -0.15) is 0 Å². The number of hydrogen-bond donors (Lipinski definition) is 2. The Hall–Kier alpha value is -2.95. The van der Waals surface area contributed by atoms with Crippen LogP contribution in [0, 0.1) is 0 Å². The molecule has 152 valence electrons. The van der Waals surface area contributed by atoms with E-state index >= 15 is 0 Å². The van der Waals surface area contributed by atoms with Crippen LogP contribution in [0.4, 0.5) is 10.8 Å². The van der Waals surface area contributed by atoms with Gasteiger partial charge in [-0.05, 0) is 36.4 Å². The molecule has 2 aromatic carbocycles. The first kappa shape index (κ1) is 20.3. The van der Waals surface area contributed by atoms with Gasteiger partial charge in [0.1, 0.15) is 5.75 Å². The normalized spacial score (nSPS) is 10.7. The Bertz CT molecular complexity index is 1190. The summed E-state index contributed by atoms with van der Waals surface area (Å²) in [5.41, 5.74) is 2.01. The van der Waals surface area contributed by atoms with Crippen molar-refractivity contribution in [2.24, 2.45) is 0 Å². The molecule has 30 heavy (non-hydrogen) atoms. The molecule has 0 aliphatic heterocycles. The van der Waals surface area contributed by atoms with Crippen LogP contribution in [-0.4, -0.2) is 34.6 Å². The first-order chi connectivity index (χ1) is 14.6. The number of nitrogens with one attached hydrogen (secondary N) is 2. The lowest BCUT2D eigenvalue weighted by Crippen LogP contribution is -2.13. The second kappa shape index (κ2) is 9.24. The van der Waals surface area contributed by atoms with Crippen molar-refractivity contribution in [1.29, 1.82) is 0 Å². The number of carbonyl (C=O) groups is 2. The Balaban J connectivity index is 1.40. The smallest absolute Gasteiger partial charge is 0.255 e. The Morgan fingerprint density at radius 2 is 2.07 bits per heavy atom. The molecule has 0 saturated carbocycles.